The van der Waals surface area contributed by atoms with Crippen LogP contribution in [0.5, 0.6) is 11.6 Å². The molecule has 1 aliphatic rings. The van der Waals surface area contributed by atoms with E-state index in [1.165, 1.54) is 0 Å². The summed E-state index contributed by atoms with van der Waals surface area (Å²) in [5.74, 6) is 2.56. The molecule has 3 rings (SSSR count). The molecule has 0 spiro atoms. The zero-order valence-electron chi connectivity index (χ0n) is 11.0. The fourth-order valence-electron chi connectivity index (χ4n) is 2.10. The molecule has 2 aromatic rings. The molecule has 0 amide bonds. The summed E-state index contributed by atoms with van der Waals surface area (Å²) in [6.07, 6.45) is 2.28. The lowest BCUT2D eigenvalue weighted by Gasteiger charge is -2.08. The van der Waals surface area contributed by atoms with E-state index in [1.54, 1.807) is 6.07 Å². The summed E-state index contributed by atoms with van der Waals surface area (Å²) < 4.78 is 5.80. The Labute approximate surface area is 117 Å². The number of aromatic nitrogens is 2. The van der Waals surface area contributed by atoms with Gasteiger partial charge in [-0.2, -0.15) is 4.98 Å². The highest BCUT2D eigenvalue weighted by atomic mass is 35.5. The first-order valence-electron chi connectivity index (χ1n) is 6.41. The minimum Gasteiger partial charge on any atom is -0.439 e. The second kappa shape index (κ2) is 4.82. The molecule has 0 atom stereocenters. The van der Waals surface area contributed by atoms with Gasteiger partial charge in [-0.15, -0.1) is 0 Å². The van der Waals surface area contributed by atoms with E-state index >= 15 is 0 Å². The molecule has 1 aromatic carbocycles. The van der Waals surface area contributed by atoms with Gasteiger partial charge in [-0.1, -0.05) is 17.7 Å². The van der Waals surface area contributed by atoms with Gasteiger partial charge in [0, 0.05) is 12.0 Å². The minimum absolute atomic E-state index is 0.441. The largest absolute Gasteiger partial charge is 0.439 e. The number of nitrogens with zero attached hydrogens (tertiary/aromatic N) is 2. The topological polar surface area (TPSA) is 35.0 Å². The van der Waals surface area contributed by atoms with Crippen molar-refractivity contribution in [2.45, 2.75) is 32.6 Å². The van der Waals surface area contributed by atoms with Crippen LogP contribution in [0.25, 0.3) is 0 Å². The summed E-state index contributed by atoms with van der Waals surface area (Å²) in [6, 6.07) is 7.74. The average molecular weight is 275 g/mol. The first-order chi connectivity index (χ1) is 9.10. The van der Waals surface area contributed by atoms with Crippen LogP contribution >= 0.6 is 11.6 Å². The van der Waals surface area contributed by atoms with Crippen molar-refractivity contribution in [3.63, 3.8) is 0 Å². The van der Waals surface area contributed by atoms with Crippen molar-refractivity contribution >= 4 is 11.6 Å². The van der Waals surface area contributed by atoms with Crippen molar-refractivity contribution in [1.82, 2.24) is 9.97 Å². The standard InChI is InChI=1S/C15H15ClN2O/c1-9-5-10(2)7-12(6-9)19-14-8-13(16)17-15(18-14)11-3-4-11/h5-8,11H,3-4H2,1-2H3. The molecule has 19 heavy (non-hydrogen) atoms. The number of aryl methyl sites for hydroxylation is 2. The SMILES string of the molecule is Cc1cc(C)cc(Oc2cc(Cl)nc(C3CC3)n2)c1. The third-order valence-corrected chi connectivity index (χ3v) is 3.24. The van der Waals surface area contributed by atoms with Crippen LogP contribution in [0.1, 0.15) is 35.7 Å². The maximum atomic E-state index is 6.02. The Morgan fingerprint density at radius 3 is 2.37 bits per heavy atom. The van der Waals surface area contributed by atoms with E-state index in [4.69, 9.17) is 16.3 Å². The van der Waals surface area contributed by atoms with Crippen molar-refractivity contribution in [2.24, 2.45) is 0 Å². The zero-order valence-corrected chi connectivity index (χ0v) is 11.7. The monoisotopic (exact) mass is 274 g/mol. The number of halogens is 1. The van der Waals surface area contributed by atoms with E-state index in [9.17, 15) is 0 Å². The van der Waals surface area contributed by atoms with Gasteiger partial charge in [-0.05, 0) is 49.9 Å². The van der Waals surface area contributed by atoms with Gasteiger partial charge in [-0.3, -0.25) is 0 Å². The van der Waals surface area contributed by atoms with E-state index in [-0.39, 0.29) is 0 Å². The number of ether oxygens (including phenoxy) is 1. The lowest BCUT2D eigenvalue weighted by Crippen LogP contribution is -1.96. The van der Waals surface area contributed by atoms with Crippen molar-refractivity contribution in [2.75, 3.05) is 0 Å². The highest BCUT2D eigenvalue weighted by Gasteiger charge is 2.27. The highest BCUT2D eigenvalue weighted by Crippen LogP contribution is 2.39. The second-order valence-electron chi connectivity index (χ2n) is 5.09. The van der Waals surface area contributed by atoms with Gasteiger partial charge in [0.15, 0.2) is 0 Å². The average Bonchev–Trinajstić information content (AvgIpc) is 3.09. The quantitative estimate of drug-likeness (QED) is 0.777. The first kappa shape index (κ1) is 12.4. The molecule has 1 aliphatic carbocycles. The van der Waals surface area contributed by atoms with Crippen LogP contribution in [0, 0.1) is 13.8 Å². The molecule has 0 bridgehead atoms. The molecule has 1 heterocycles. The number of hydrogen-bond donors (Lipinski definition) is 0. The van der Waals surface area contributed by atoms with Crippen LogP contribution in [-0.4, -0.2) is 9.97 Å². The molecule has 1 fully saturated rings. The Morgan fingerprint density at radius 1 is 1.05 bits per heavy atom. The van der Waals surface area contributed by atoms with Gasteiger partial charge < -0.3 is 4.74 Å². The molecule has 98 valence electrons. The lowest BCUT2D eigenvalue weighted by molar-refractivity contribution is 0.458. The molecule has 1 aromatic heterocycles. The van der Waals surface area contributed by atoms with Gasteiger partial charge in [0.25, 0.3) is 0 Å². The fraction of sp³-hybridized carbons (Fsp3) is 0.333. The predicted molar refractivity (Wildman–Crippen MR) is 75.0 cm³/mol. The molecule has 4 heteroatoms. The van der Waals surface area contributed by atoms with Gasteiger partial charge in [0.2, 0.25) is 5.88 Å². The fourth-order valence-corrected chi connectivity index (χ4v) is 2.28. The number of hydrogen-bond acceptors (Lipinski definition) is 3. The molecule has 0 unspecified atom stereocenters. The molecule has 0 saturated heterocycles. The maximum Gasteiger partial charge on any atom is 0.224 e. The van der Waals surface area contributed by atoms with Crippen molar-refractivity contribution in [3.05, 3.63) is 46.4 Å². The number of rotatable bonds is 3. The summed E-state index contributed by atoms with van der Waals surface area (Å²) >= 11 is 6.02. The Morgan fingerprint density at radius 2 is 1.74 bits per heavy atom. The Bertz CT molecular complexity index is 603. The third kappa shape index (κ3) is 3.04. The molecular formula is C15H15ClN2O. The lowest BCUT2D eigenvalue weighted by atomic mass is 10.1. The van der Waals surface area contributed by atoms with Gasteiger partial charge in [0.1, 0.15) is 16.7 Å². The van der Waals surface area contributed by atoms with E-state index in [0.717, 1.165) is 35.5 Å². The molecule has 1 saturated carbocycles. The van der Waals surface area contributed by atoms with E-state index in [0.29, 0.717) is 17.0 Å². The van der Waals surface area contributed by atoms with Crippen LogP contribution in [0.2, 0.25) is 5.15 Å². The third-order valence-electron chi connectivity index (χ3n) is 3.05. The summed E-state index contributed by atoms with van der Waals surface area (Å²) in [5.41, 5.74) is 2.33. The van der Waals surface area contributed by atoms with Gasteiger partial charge in [0.05, 0.1) is 0 Å². The van der Waals surface area contributed by atoms with E-state index in [1.807, 2.05) is 26.0 Å². The molecule has 0 aliphatic heterocycles. The van der Waals surface area contributed by atoms with Crippen molar-refractivity contribution < 1.29 is 4.74 Å². The summed E-state index contributed by atoms with van der Waals surface area (Å²) in [7, 11) is 0. The first-order valence-corrected chi connectivity index (χ1v) is 6.78. The Hall–Kier alpha value is -1.61. The van der Waals surface area contributed by atoms with Crippen LogP contribution in [0.4, 0.5) is 0 Å². The van der Waals surface area contributed by atoms with Crippen LogP contribution in [0.15, 0.2) is 24.3 Å². The predicted octanol–water partition coefficient (Wildman–Crippen LogP) is 4.42. The Kier molecular flexibility index (Phi) is 3.15. The van der Waals surface area contributed by atoms with Crippen LogP contribution in [-0.2, 0) is 0 Å². The highest BCUT2D eigenvalue weighted by molar-refractivity contribution is 6.29. The summed E-state index contributed by atoms with van der Waals surface area (Å²) in [5, 5.41) is 0.441. The van der Waals surface area contributed by atoms with Crippen molar-refractivity contribution in [1.29, 1.82) is 0 Å². The zero-order chi connectivity index (χ0) is 13.4. The maximum absolute atomic E-state index is 6.02. The number of benzene rings is 1. The molecule has 3 nitrogen and oxygen atoms in total. The van der Waals surface area contributed by atoms with Crippen LogP contribution in [0.3, 0.4) is 0 Å². The Balaban J connectivity index is 1.89. The summed E-state index contributed by atoms with van der Waals surface area (Å²) in [4.78, 5) is 8.68. The van der Waals surface area contributed by atoms with Gasteiger partial charge in [-0.25, -0.2) is 4.98 Å². The minimum atomic E-state index is 0.441. The van der Waals surface area contributed by atoms with Crippen LogP contribution < -0.4 is 4.74 Å². The summed E-state index contributed by atoms with van der Waals surface area (Å²) in [6.45, 7) is 4.09. The molecule has 0 N–H and O–H groups in total. The molecular weight excluding hydrogens is 260 g/mol. The molecule has 0 radical (unpaired) electrons. The second-order valence-corrected chi connectivity index (χ2v) is 5.47. The van der Waals surface area contributed by atoms with Gasteiger partial charge >= 0.3 is 0 Å². The van der Waals surface area contributed by atoms with Crippen molar-refractivity contribution in [3.8, 4) is 11.6 Å². The van der Waals surface area contributed by atoms with E-state index in [2.05, 4.69) is 16.0 Å². The van der Waals surface area contributed by atoms with E-state index < -0.39 is 0 Å². The normalized spacial score (nSPS) is 14.5. The smallest absolute Gasteiger partial charge is 0.224 e.